The summed E-state index contributed by atoms with van der Waals surface area (Å²) < 4.78 is 18.2. The molecule has 0 bridgehead atoms. The van der Waals surface area contributed by atoms with Crippen LogP contribution in [0.1, 0.15) is 26.7 Å². The van der Waals surface area contributed by atoms with Crippen molar-refractivity contribution in [1.82, 2.24) is 15.5 Å². The van der Waals surface area contributed by atoms with Crippen molar-refractivity contribution in [2.45, 2.75) is 32.7 Å². The van der Waals surface area contributed by atoms with Crippen LogP contribution in [0.2, 0.25) is 0 Å². The van der Waals surface area contributed by atoms with Crippen molar-refractivity contribution in [3.05, 3.63) is 30.1 Å². The van der Waals surface area contributed by atoms with Gasteiger partial charge in [-0.25, -0.2) is 14.2 Å². The SMILES string of the molecule is CCNC(=NCC(=O)Nc1cccc(F)c1)NC1CCN(C(=O)OCC)CC1.I. The van der Waals surface area contributed by atoms with Crippen LogP contribution in [0.25, 0.3) is 0 Å². The summed E-state index contributed by atoms with van der Waals surface area (Å²) in [5, 5.41) is 9.02. The predicted octanol–water partition coefficient (Wildman–Crippen LogP) is 2.56. The first-order chi connectivity index (χ1) is 13.5. The molecular weight excluding hydrogens is 492 g/mol. The number of likely N-dealkylation sites (tertiary alicyclic amines) is 1. The highest BCUT2D eigenvalue weighted by molar-refractivity contribution is 14.0. The zero-order valence-corrected chi connectivity index (χ0v) is 19.1. The molecule has 0 saturated carbocycles. The Bertz CT molecular complexity index is 696. The van der Waals surface area contributed by atoms with Crippen LogP contribution in [-0.4, -0.2) is 61.7 Å². The minimum Gasteiger partial charge on any atom is -0.450 e. The van der Waals surface area contributed by atoms with Crippen LogP contribution in [0.15, 0.2) is 29.3 Å². The zero-order valence-electron chi connectivity index (χ0n) is 16.7. The Hall–Kier alpha value is -2.11. The Morgan fingerprint density at radius 1 is 1.28 bits per heavy atom. The summed E-state index contributed by atoms with van der Waals surface area (Å²) in [6, 6.07) is 5.86. The first-order valence-corrected chi connectivity index (χ1v) is 9.53. The number of ether oxygens (including phenoxy) is 1. The second kappa shape index (κ2) is 13.2. The first-order valence-electron chi connectivity index (χ1n) is 9.53. The minimum absolute atomic E-state index is 0. The van der Waals surface area contributed by atoms with Crippen LogP contribution in [0.4, 0.5) is 14.9 Å². The Balaban J connectivity index is 0.00000420. The fourth-order valence-electron chi connectivity index (χ4n) is 2.85. The standard InChI is InChI=1S/C19H28FN5O3.HI/c1-3-21-18(22-13-17(26)23-16-7-5-6-14(20)12-16)24-15-8-10-25(11-9-15)19(27)28-4-2;/h5-7,12,15H,3-4,8-11,13H2,1-2H3,(H,23,26)(H2,21,22,24);1H. The van der Waals surface area contributed by atoms with Crippen LogP contribution in [0.3, 0.4) is 0 Å². The number of guanidine groups is 1. The number of benzene rings is 1. The monoisotopic (exact) mass is 521 g/mol. The molecule has 0 atom stereocenters. The molecule has 0 radical (unpaired) electrons. The zero-order chi connectivity index (χ0) is 20.4. The number of carbonyl (C=O) groups is 2. The van der Waals surface area contributed by atoms with Gasteiger partial charge < -0.3 is 25.6 Å². The van der Waals surface area contributed by atoms with Gasteiger partial charge in [-0.2, -0.15) is 0 Å². The van der Waals surface area contributed by atoms with E-state index in [9.17, 15) is 14.0 Å². The summed E-state index contributed by atoms with van der Waals surface area (Å²) in [6.45, 7) is 5.87. The molecule has 1 saturated heterocycles. The molecule has 1 aromatic carbocycles. The maximum Gasteiger partial charge on any atom is 0.409 e. The number of piperidine rings is 1. The van der Waals surface area contributed by atoms with E-state index in [2.05, 4.69) is 20.9 Å². The molecule has 8 nitrogen and oxygen atoms in total. The number of aliphatic imine (C=N–C) groups is 1. The highest BCUT2D eigenvalue weighted by atomic mass is 127. The van der Waals surface area contributed by atoms with Crippen LogP contribution >= 0.6 is 24.0 Å². The number of nitrogens with one attached hydrogen (secondary N) is 3. The minimum atomic E-state index is -0.412. The van der Waals surface area contributed by atoms with E-state index in [-0.39, 0.29) is 48.6 Å². The molecule has 1 aromatic rings. The van der Waals surface area contributed by atoms with Gasteiger partial charge in [0.1, 0.15) is 12.4 Å². The van der Waals surface area contributed by atoms with Gasteiger partial charge in [0.25, 0.3) is 0 Å². The van der Waals surface area contributed by atoms with Crippen LogP contribution in [0, 0.1) is 5.82 Å². The van der Waals surface area contributed by atoms with Gasteiger partial charge in [0.15, 0.2) is 5.96 Å². The van der Waals surface area contributed by atoms with E-state index >= 15 is 0 Å². The number of carbonyl (C=O) groups excluding carboxylic acids is 2. The van der Waals surface area contributed by atoms with Gasteiger partial charge in [-0.15, -0.1) is 24.0 Å². The van der Waals surface area contributed by atoms with Crippen LogP contribution in [0.5, 0.6) is 0 Å². The largest absolute Gasteiger partial charge is 0.450 e. The quantitative estimate of drug-likeness (QED) is 0.304. The van der Waals surface area contributed by atoms with E-state index in [1.54, 1.807) is 17.9 Å². The number of hydrogen-bond acceptors (Lipinski definition) is 4. The molecule has 2 rings (SSSR count). The number of halogens is 2. The predicted molar refractivity (Wildman–Crippen MR) is 121 cm³/mol. The molecule has 1 heterocycles. The fourth-order valence-corrected chi connectivity index (χ4v) is 2.85. The second-order valence-electron chi connectivity index (χ2n) is 6.36. The molecule has 0 unspecified atom stereocenters. The molecule has 10 heteroatoms. The van der Waals surface area contributed by atoms with Crippen molar-refractivity contribution in [2.24, 2.45) is 4.99 Å². The Morgan fingerprint density at radius 2 is 2.00 bits per heavy atom. The fraction of sp³-hybridized carbons (Fsp3) is 0.526. The molecule has 0 spiro atoms. The van der Waals surface area contributed by atoms with Crippen molar-refractivity contribution in [1.29, 1.82) is 0 Å². The van der Waals surface area contributed by atoms with E-state index in [0.29, 0.717) is 37.9 Å². The van der Waals surface area contributed by atoms with Gasteiger partial charge in [-0.05, 0) is 44.9 Å². The molecule has 1 fully saturated rings. The van der Waals surface area contributed by atoms with Gasteiger partial charge in [0.2, 0.25) is 5.91 Å². The van der Waals surface area contributed by atoms with Crippen LogP contribution in [-0.2, 0) is 9.53 Å². The van der Waals surface area contributed by atoms with Gasteiger partial charge in [-0.1, -0.05) is 6.07 Å². The van der Waals surface area contributed by atoms with Gasteiger partial charge in [-0.3, -0.25) is 4.79 Å². The highest BCUT2D eigenvalue weighted by Gasteiger charge is 2.24. The molecule has 1 aliphatic heterocycles. The number of amides is 2. The van der Waals surface area contributed by atoms with Gasteiger partial charge in [0, 0.05) is 31.4 Å². The summed E-state index contributed by atoms with van der Waals surface area (Å²) in [5.74, 6) is -0.211. The van der Waals surface area contributed by atoms with E-state index < -0.39 is 5.82 Å². The van der Waals surface area contributed by atoms with Crippen molar-refractivity contribution in [3.63, 3.8) is 0 Å². The number of rotatable bonds is 6. The lowest BCUT2D eigenvalue weighted by atomic mass is 10.1. The molecule has 162 valence electrons. The molecule has 1 aliphatic rings. The molecule has 0 aromatic heterocycles. The smallest absolute Gasteiger partial charge is 0.409 e. The number of anilines is 1. The van der Waals surface area contributed by atoms with Crippen molar-refractivity contribution >= 4 is 47.6 Å². The van der Waals surface area contributed by atoms with Crippen molar-refractivity contribution in [3.8, 4) is 0 Å². The van der Waals surface area contributed by atoms with Crippen molar-refractivity contribution in [2.75, 3.05) is 38.1 Å². The van der Waals surface area contributed by atoms with E-state index in [0.717, 1.165) is 12.8 Å². The van der Waals surface area contributed by atoms with Gasteiger partial charge in [0.05, 0.1) is 6.61 Å². The topological polar surface area (TPSA) is 95.1 Å². The summed E-state index contributed by atoms with van der Waals surface area (Å²) in [6.07, 6.45) is 1.24. The number of hydrogen-bond donors (Lipinski definition) is 3. The van der Waals surface area contributed by atoms with Crippen molar-refractivity contribution < 1.29 is 18.7 Å². The Kier molecular flexibility index (Phi) is 11.3. The Labute approximate surface area is 187 Å². The third-order valence-corrected chi connectivity index (χ3v) is 4.20. The third-order valence-electron chi connectivity index (χ3n) is 4.20. The van der Waals surface area contributed by atoms with Gasteiger partial charge >= 0.3 is 6.09 Å². The van der Waals surface area contributed by atoms with E-state index in [4.69, 9.17) is 4.74 Å². The number of nitrogens with zero attached hydrogens (tertiary/aromatic N) is 2. The molecular formula is C19H29FIN5O3. The Morgan fingerprint density at radius 3 is 2.62 bits per heavy atom. The van der Waals surface area contributed by atoms with Crippen LogP contribution < -0.4 is 16.0 Å². The normalized spacial score (nSPS) is 14.6. The average Bonchev–Trinajstić information content (AvgIpc) is 2.67. The molecule has 29 heavy (non-hydrogen) atoms. The lowest BCUT2D eigenvalue weighted by molar-refractivity contribution is -0.114. The third kappa shape index (κ3) is 8.84. The maximum atomic E-state index is 13.2. The lowest BCUT2D eigenvalue weighted by Gasteiger charge is -2.32. The molecule has 0 aliphatic carbocycles. The molecule has 3 N–H and O–H groups in total. The summed E-state index contributed by atoms with van der Waals surface area (Å²) in [4.78, 5) is 29.8. The highest BCUT2D eigenvalue weighted by Crippen LogP contribution is 2.12. The van der Waals surface area contributed by atoms with E-state index in [1.165, 1.54) is 18.2 Å². The summed E-state index contributed by atoms with van der Waals surface area (Å²) in [7, 11) is 0. The van der Waals surface area contributed by atoms with E-state index in [1.807, 2.05) is 6.92 Å². The first kappa shape index (κ1) is 24.9. The average molecular weight is 521 g/mol. The summed E-state index contributed by atoms with van der Waals surface area (Å²) >= 11 is 0. The molecule has 2 amide bonds. The summed E-state index contributed by atoms with van der Waals surface area (Å²) in [5.41, 5.74) is 0.393. The lowest BCUT2D eigenvalue weighted by Crippen LogP contribution is -2.50. The second-order valence-corrected chi connectivity index (χ2v) is 6.36. The maximum absolute atomic E-state index is 13.2.